The molecule has 4 heterocycles. The molecule has 4 rings (SSSR count). The largest absolute Gasteiger partial charge is 0.352 e. The van der Waals surface area contributed by atoms with Crippen molar-refractivity contribution < 1.29 is 4.79 Å². The van der Waals surface area contributed by atoms with Crippen molar-refractivity contribution in [2.75, 3.05) is 31.1 Å². The zero-order valence-corrected chi connectivity index (χ0v) is 16.5. The second-order valence-electron chi connectivity index (χ2n) is 6.76. The van der Waals surface area contributed by atoms with Crippen molar-refractivity contribution >= 4 is 23.1 Å². The van der Waals surface area contributed by atoms with E-state index in [1.165, 1.54) is 0 Å². The molecule has 0 atom stereocenters. The molecule has 140 valence electrons. The number of aryl methyl sites for hydroxylation is 3. The first kappa shape index (κ1) is 17.7. The number of amides is 1. The SMILES string of the molecule is Cc1cc(C)n(-c2cncc(N3CCN(C(=O)c4ccc(C)s4)CC3)n2)n1. The third kappa shape index (κ3) is 3.57. The van der Waals surface area contributed by atoms with E-state index in [9.17, 15) is 4.79 Å². The van der Waals surface area contributed by atoms with E-state index < -0.39 is 0 Å². The van der Waals surface area contributed by atoms with Gasteiger partial charge in [-0.25, -0.2) is 9.67 Å². The number of hydrogen-bond donors (Lipinski definition) is 0. The number of anilines is 1. The molecule has 7 nitrogen and oxygen atoms in total. The monoisotopic (exact) mass is 382 g/mol. The molecule has 0 bridgehead atoms. The molecule has 1 aliphatic rings. The van der Waals surface area contributed by atoms with E-state index in [-0.39, 0.29) is 5.91 Å². The summed E-state index contributed by atoms with van der Waals surface area (Å²) in [6, 6.07) is 5.93. The van der Waals surface area contributed by atoms with Crippen LogP contribution in [-0.2, 0) is 0 Å². The zero-order valence-electron chi connectivity index (χ0n) is 15.7. The van der Waals surface area contributed by atoms with Gasteiger partial charge in [-0.05, 0) is 39.0 Å². The third-order valence-corrected chi connectivity index (χ3v) is 5.67. The Morgan fingerprint density at radius 2 is 1.78 bits per heavy atom. The normalized spacial score (nSPS) is 14.6. The zero-order chi connectivity index (χ0) is 19.0. The van der Waals surface area contributed by atoms with E-state index in [0.717, 1.165) is 40.0 Å². The molecule has 0 radical (unpaired) electrons. The molecule has 0 N–H and O–H groups in total. The van der Waals surface area contributed by atoms with Crippen LogP contribution in [0.25, 0.3) is 5.82 Å². The molecular weight excluding hydrogens is 360 g/mol. The van der Waals surface area contributed by atoms with Gasteiger partial charge in [0.05, 0.1) is 23.0 Å². The first-order valence-electron chi connectivity index (χ1n) is 8.97. The van der Waals surface area contributed by atoms with Crippen molar-refractivity contribution in [1.82, 2.24) is 24.6 Å². The van der Waals surface area contributed by atoms with E-state index in [0.29, 0.717) is 18.9 Å². The van der Waals surface area contributed by atoms with Crippen LogP contribution in [0.4, 0.5) is 5.82 Å². The Balaban J connectivity index is 1.46. The summed E-state index contributed by atoms with van der Waals surface area (Å²) in [6.45, 7) is 8.84. The van der Waals surface area contributed by atoms with Gasteiger partial charge in [0, 0.05) is 36.8 Å². The molecule has 27 heavy (non-hydrogen) atoms. The van der Waals surface area contributed by atoms with Gasteiger partial charge in [0.25, 0.3) is 5.91 Å². The van der Waals surface area contributed by atoms with Crippen molar-refractivity contribution in [3.63, 3.8) is 0 Å². The molecule has 1 fully saturated rings. The predicted octanol–water partition coefficient (Wildman–Crippen LogP) is 2.61. The van der Waals surface area contributed by atoms with Crippen molar-refractivity contribution in [2.24, 2.45) is 0 Å². The summed E-state index contributed by atoms with van der Waals surface area (Å²) in [7, 11) is 0. The molecular formula is C19H22N6OS. The minimum atomic E-state index is 0.121. The fourth-order valence-electron chi connectivity index (χ4n) is 3.30. The van der Waals surface area contributed by atoms with Crippen LogP contribution in [-0.4, -0.2) is 56.7 Å². The van der Waals surface area contributed by atoms with Gasteiger partial charge >= 0.3 is 0 Å². The summed E-state index contributed by atoms with van der Waals surface area (Å²) in [5.74, 6) is 1.65. The molecule has 0 saturated carbocycles. The summed E-state index contributed by atoms with van der Waals surface area (Å²) in [6.07, 6.45) is 3.50. The van der Waals surface area contributed by atoms with Gasteiger partial charge in [-0.1, -0.05) is 0 Å². The molecule has 0 aromatic carbocycles. The number of carbonyl (C=O) groups excluding carboxylic acids is 1. The van der Waals surface area contributed by atoms with E-state index in [4.69, 9.17) is 4.98 Å². The number of aromatic nitrogens is 4. The van der Waals surface area contributed by atoms with Crippen LogP contribution < -0.4 is 4.90 Å². The highest BCUT2D eigenvalue weighted by Gasteiger charge is 2.24. The van der Waals surface area contributed by atoms with Crippen molar-refractivity contribution in [3.05, 3.63) is 51.7 Å². The van der Waals surface area contributed by atoms with Gasteiger partial charge in [0.1, 0.15) is 5.82 Å². The Morgan fingerprint density at radius 3 is 2.41 bits per heavy atom. The molecule has 3 aromatic heterocycles. The van der Waals surface area contributed by atoms with Crippen molar-refractivity contribution in [2.45, 2.75) is 20.8 Å². The van der Waals surface area contributed by atoms with Gasteiger partial charge in [0.15, 0.2) is 5.82 Å². The maximum absolute atomic E-state index is 12.6. The smallest absolute Gasteiger partial charge is 0.264 e. The van der Waals surface area contributed by atoms with Crippen LogP contribution in [0.15, 0.2) is 30.6 Å². The summed E-state index contributed by atoms with van der Waals surface area (Å²) in [5, 5.41) is 4.48. The third-order valence-electron chi connectivity index (χ3n) is 4.68. The first-order chi connectivity index (χ1) is 13.0. The number of nitrogens with zero attached hydrogens (tertiary/aromatic N) is 6. The number of thiophene rings is 1. The van der Waals surface area contributed by atoms with Crippen LogP contribution >= 0.6 is 11.3 Å². The van der Waals surface area contributed by atoms with Gasteiger partial charge in [-0.15, -0.1) is 11.3 Å². The lowest BCUT2D eigenvalue weighted by molar-refractivity contribution is 0.0751. The molecule has 8 heteroatoms. The van der Waals surface area contributed by atoms with Gasteiger partial charge in [-0.2, -0.15) is 5.10 Å². The topological polar surface area (TPSA) is 67.2 Å². The quantitative estimate of drug-likeness (QED) is 0.697. The number of piperazine rings is 1. The highest BCUT2D eigenvalue weighted by Crippen LogP contribution is 2.20. The Hall–Kier alpha value is -2.74. The predicted molar refractivity (Wildman–Crippen MR) is 106 cm³/mol. The molecule has 3 aromatic rings. The summed E-state index contributed by atoms with van der Waals surface area (Å²) >= 11 is 1.55. The number of hydrogen-bond acceptors (Lipinski definition) is 6. The number of carbonyl (C=O) groups is 1. The average molecular weight is 382 g/mol. The van der Waals surface area contributed by atoms with Crippen LogP contribution in [0.1, 0.15) is 25.9 Å². The molecule has 0 unspecified atom stereocenters. The second-order valence-corrected chi connectivity index (χ2v) is 8.05. The van der Waals surface area contributed by atoms with Crippen LogP contribution in [0.5, 0.6) is 0 Å². The Kier molecular flexibility index (Phi) is 4.65. The highest BCUT2D eigenvalue weighted by atomic mass is 32.1. The number of rotatable bonds is 3. The van der Waals surface area contributed by atoms with Crippen molar-refractivity contribution in [1.29, 1.82) is 0 Å². The minimum absolute atomic E-state index is 0.121. The lowest BCUT2D eigenvalue weighted by Crippen LogP contribution is -2.49. The molecule has 1 amide bonds. The molecule has 0 spiro atoms. The summed E-state index contributed by atoms with van der Waals surface area (Å²) in [5.41, 5.74) is 1.98. The summed E-state index contributed by atoms with van der Waals surface area (Å²) < 4.78 is 1.81. The first-order valence-corrected chi connectivity index (χ1v) is 9.79. The van der Waals surface area contributed by atoms with Crippen LogP contribution in [0.3, 0.4) is 0 Å². The van der Waals surface area contributed by atoms with E-state index in [1.807, 2.05) is 48.6 Å². The Bertz CT molecular complexity index is 970. The maximum atomic E-state index is 12.6. The fraction of sp³-hybridized carbons (Fsp3) is 0.368. The van der Waals surface area contributed by atoms with Crippen LogP contribution in [0.2, 0.25) is 0 Å². The Labute approximate surface area is 162 Å². The summed E-state index contributed by atoms with van der Waals surface area (Å²) in [4.78, 5) is 27.8. The average Bonchev–Trinajstić information content (AvgIpc) is 3.26. The molecule has 1 saturated heterocycles. The van der Waals surface area contributed by atoms with Crippen LogP contribution in [0, 0.1) is 20.8 Å². The lowest BCUT2D eigenvalue weighted by Gasteiger charge is -2.35. The highest BCUT2D eigenvalue weighted by molar-refractivity contribution is 7.13. The Morgan fingerprint density at radius 1 is 1.04 bits per heavy atom. The van der Waals surface area contributed by atoms with Crippen molar-refractivity contribution in [3.8, 4) is 5.82 Å². The molecule has 0 aliphatic carbocycles. The van der Waals surface area contributed by atoms with Gasteiger partial charge in [0.2, 0.25) is 0 Å². The van der Waals surface area contributed by atoms with E-state index in [1.54, 1.807) is 23.7 Å². The van der Waals surface area contributed by atoms with E-state index >= 15 is 0 Å². The fourth-order valence-corrected chi connectivity index (χ4v) is 4.14. The van der Waals surface area contributed by atoms with E-state index in [2.05, 4.69) is 15.0 Å². The maximum Gasteiger partial charge on any atom is 0.264 e. The van der Waals surface area contributed by atoms with Gasteiger partial charge in [-0.3, -0.25) is 9.78 Å². The lowest BCUT2D eigenvalue weighted by atomic mass is 10.3. The second kappa shape index (κ2) is 7.11. The van der Waals surface area contributed by atoms with Gasteiger partial charge < -0.3 is 9.80 Å². The molecule has 1 aliphatic heterocycles. The minimum Gasteiger partial charge on any atom is -0.352 e. The standard InChI is InChI=1S/C19H22N6OS/c1-13-10-14(2)25(22-13)18-12-20-11-17(21-18)23-6-8-24(9-7-23)19(26)16-5-4-15(3)27-16/h4-5,10-12H,6-9H2,1-3H3.